The average molecular weight is 384 g/mol. The van der Waals surface area contributed by atoms with Gasteiger partial charge in [-0.3, -0.25) is 9.40 Å². The summed E-state index contributed by atoms with van der Waals surface area (Å²) in [4.78, 5) is 0.344. The predicted molar refractivity (Wildman–Crippen MR) is 109 cm³/mol. The van der Waals surface area contributed by atoms with E-state index in [1.807, 2.05) is 75.7 Å². The number of hydrogen-bond donors (Lipinski definition) is 1. The number of benzene rings is 2. The van der Waals surface area contributed by atoms with Gasteiger partial charge in [-0.15, -0.1) is 0 Å². The maximum absolute atomic E-state index is 13.0. The number of aryl methyl sites for hydroxylation is 5. The van der Waals surface area contributed by atoms with Crippen LogP contribution in [0.1, 0.15) is 33.6 Å². The van der Waals surface area contributed by atoms with Crippen LogP contribution in [-0.2, 0) is 16.6 Å². The van der Waals surface area contributed by atoms with E-state index in [0.29, 0.717) is 17.1 Å². The second-order valence-corrected chi connectivity index (χ2v) is 8.74. The highest BCUT2D eigenvalue weighted by Crippen LogP contribution is 2.25. The molecule has 0 amide bonds. The lowest BCUT2D eigenvalue weighted by molar-refractivity contribution is 0.600. The molecule has 142 valence electrons. The van der Waals surface area contributed by atoms with Crippen molar-refractivity contribution in [2.24, 2.45) is 0 Å². The fourth-order valence-corrected chi connectivity index (χ4v) is 5.04. The standard InChI is InChI=1S/C21H25N3O2S/c1-14-9-15(2)21(16(3)10-14)27(25,26)23-20-8-6-7-19(12-20)13-24-18(5)11-17(4)22-24/h6-12,23H,13H2,1-5H3. The minimum atomic E-state index is -3.66. The normalized spacial score (nSPS) is 11.6. The second kappa shape index (κ2) is 7.19. The van der Waals surface area contributed by atoms with Crippen LogP contribution in [0, 0.1) is 34.6 Å². The van der Waals surface area contributed by atoms with Gasteiger partial charge in [-0.05, 0) is 69.5 Å². The Balaban J connectivity index is 1.89. The maximum atomic E-state index is 13.0. The molecular formula is C21H25N3O2S. The third-order valence-electron chi connectivity index (χ3n) is 4.49. The summed E-state index contributed by atoms with van der Waals surface area (Å²) < 4.78 is 30.5. The first-order chi connectivity index (χ1) is 12.7. The molecule has 5 nitrogen and oxygen atoms in total. The number of hydrogen-bond acceptors (Lipinski definition) is 3. The first kappa shape index (κ1) is 19.2. The van der Waals surface area contributed by atoms with E-state index in [1.54, 1.807) is 6.07 Å². The Morgan fingerprint density at radius 2 is 1.63 bits per heavy atom. The van der Waals surface area contributed by atoms with Crippen molar-refractivity contribution in [3.63, 3.8) is 0 Å². The van der Waals surface area contributed by atoms with Crippen LogP contribution in [0.3, 0.4) is 0 Å². The minimum Gasteiger partial charge on any atom is -0.280 e. The highest BCUT2D eigenvalue weighted by atomic mass is 32.2. The zero-order valence-corrected chi connectivity index (χ0v) is 17.2. The molecule has 0 bridgehead atoms. The minimum absolute atomic E-state index is 0.344. The van der Waals surface area contributed by atoms with Gasteiger partial charge in [0.1, 0.15) is 0 Å². The molecule has 3 rings (SSSR count). The van der Waals surface area contributed by atoms with E-state index in [9.17, 15) is 8.42 Å². The van der Waals surface area contributed by atoms with Crippen molar-refractivity contribution in [2.75, 3.05) is 4.72 Å². The zero-order chi connectivity index (χ0) is 19.8. The molecule has 1 N–H and O–H groups in total. The highest BCUT2D eigenvalue weighted by molar-refractivity contribution is 7.92. The number of sulfonamides is 1. The van der Waals surface area contributed by atoms with Crippen molar-refractivity contribution in [1.29, 1.82) is 0 Å². The maximum Gasteiger partial charge on any atom is 0.262 e. The summed E-state index contributed by atoms with van der Waals surface area (Å²) in [5, 5.41) is 4.47. The number of nitrogens with zero attached hydrogens (tertiary/aromatic N) is 2. The van der Waals surface area contributed by atoms with E-state index in [-0.39, 0.29) is 0 Å². The monoisotopic (exact) mass is 383 g/mol. The molecule has 2 aromatic carbocycles. The first-order valence-electron chi connectivity index (χ1n) is 8.86. The fraction of sp³-hybridized carbons (Fsp3) is 0.286. The van der Waals surface area contributed by atoms with E-state index in [2.05, 4.69) is 9.82 Å². The Kier molecular flexibility index (Phi) is 5.11. The van der Waals surface area contributed by atoms with E-state index in [1.165, 1.54) is 0 Å². The van der Waals surface area contributed by atoms with Crippen LogP contribution < -0.4 is 4.72 Å². The van der Waals surface area contributed by atoms with Crippen LogP contribution in [0.15, 0.2) is 47.4 Å². The summed E-state index contributed by atoms with van der Waals surface area (Å²) in [6.07, 6.45) is 0. The van der Waals surface area contributed by atoms with Gasteiger partial charge < -0.3 is 0 Å². The fourth-order valence-electron chi connectivity index (χ4n) is 3.54. The predicted octanol–water partition coefficient (Wildman–Crippen LogP) is 4.27. The number of rotatable bonds is 5. The number of aromatic nitrogens is 2. The molecule has 1 heterocycles. The van der Waals surface area contributed by atoms with Gasteiger partial charge in [0.25, 0.3) is 10.0 Å². The quantitative estimate of drug-likeness (QED) is 0.715. The third kappa shape index (κ3) is 4.22. The summed E-state index contributed by atoms with van der Waals surface area (Å²) in [7, 11) is -3.66. The zero-order valence-electron chi connectivity index (χ0n) is 16.4. The lowest BCUT2D eigenvalue weighted by Crippen LogP contribution is -2.16. The topological polar surface area (TPSA) is 64.0 Å². The van der Waals surface area contributed by atoms with Gasteiger partial charge in [-0.2, -0.15) is 5.10 Å². The summed E-state index contributed by atoms with van der Waals surface area (Å²) >= 11 is 0. The molecule has 0 unspecified atom stereocenters. The van der Waals surface area contributed by atoms with Gasteiger partial charge in [-0.1, -0.05) is 29.8 Å². The second-order valence-electron chi connectivity index (χ2n) is 7.12. The van der Waals surface area contributed by atoms with Crippen LogP contribution in [0.5, 0.6) is 0 Å². The Hall–Kier alpha value is -2.60. The Morgan fingerprint density at radius 3 is 2.22 bits per heavy atom. The van der Waals surface area contributed by atoms with Gasteiger partial charge in [-0.25, -0.2) is 8.42 Å². The molecule has 0 saturated heterocycles. The molecule has 0 fully saturated rings. The SMILES string of the molecule is Cc1cc(C)c(S(=O)(=O)Nc2cccc(Cn3nc(C)cc3C)c2)c(C)c1. The Bertz CT molecular complexity index is 1080. The molecule has 0 aliphatic heterocycles. The van der Waals surface area contributed by atoms with Crippen molar-refractivity contribution >= 4 is 15.7 Å². The first-order valence-corrected chi connectivity index (χ1v) is 10.3. The van der Waals surface area contributed by atoms with Crippen LogP contribution in [0.4, 0.5) is 5.69 Å². The van der Waals surface area contributed by atoms with Gasteiger partial charge in [0.2, 0.25) is 0 Å². The Labute approximate surface area is 161 Å². The summed E-state index contributed by atoms with van der Waals surface area (Å²) in [5.41, 5.74) is 6.12. The number of anilines is 1. The molecule has 0 saturated carbocycles. The smallest absolute Gasteiger partial charge is 0.262 e. The third-order valence-corrected chi connectivity index (χ3v) is 6.17. The van der Waals surface area contributed by atoms with Crippen LogP contribution in [0.25, 0.3) is 0 Å². The molecule has 0 spiro atoms. The van der Waals surface area contributed by atoms with E-state index in [0.717, 1.165) is 33.6 Å². The largest absolute Gasteiger partial charge is 0.280 e. The van der Waals surface area contributed by atoms with Crippen LogP contribution >= 0.6 is 0 Å². The van der Waals surface area contributed by atoms with Crippen molar-refractivity contribution in [1.82, 2.24) is 9.78 Å². The molecule has 0 aliphatic carbocycles. The Morgan fingerprint density at radius 1 is 0.963 bits per heavy atom. The summed E-state index contributed by atoms with van der Waals surface area (Å²) in [6.45, 7) is 10.2. The lowest BCUT2D eigenvalue weighted by atomic mass is 10.1. The molecule has 0 radical (unpaired) electrons. The highest BCUT2D eigenvalue weighted by Gasteiger charge is 2.20. The lowest BCUT2D eigenvalue weighted by Gasteiger charge is -2.14. The van der Waals surface area contributed by atoms with E-state index < -0.39 is 10.0 Å². The van der Waals surface area contributed by atoms with Gasteiger partial charge in [0.15, 0.2) is 0 Å². The molecule has 3 aromatic rings. The van der Waals surface area contributed by atoms with Crippen molar-refractivity contribution in [3.05, 3.63) is 76.1 Å². The van der Waals surface area contributed by atoms with Gasteiger partial charge >= 0.3 is 0 Å². The van der Waals surface area contributed by atoms with Crippen LogP contribution in [-0.4, -0.2) is 18.2 Å². The van der Waals surface area contributed by atoms with Crippen molar-refractivity contribution < 1.29 is 8.42 Å². The van der Waals surface area contributed by atoms with Gasteiger partial charge in [0.05, 0.1) is 17.1 Å². The number of nitrogens with one attached hydrogen (secondary N) is 1. The van der Waals surface area contributed by atoms with Crippen molar-refractivity contribution in [3.8, 4) is 0 Å². The molecule has 1 aromatic heterocycles. The molecular weight excluding hydrogens is 358 g/mol. The van der Waals surface area contributed by atoms with Crippen molar-refractivity contribution in [2.45, 2.75) is 46.1 Å². The van der Waals surface area contributed by atoms with Gasteiger partial charge in [0, 0.05) is 11.4 Å². The van der Waals surface area contributed by atoms with Crippen LogP contribution in [0.2, 0.25) is 0 Å². The van der Waals surface area contributed by atoms with E-state index in [4.69, 9.17) is 0 Å². The molecule has 0 atom stereocenters. The molecule has 6 heteroatoms. The summed E-state index contributed by atoms with van der Waals surface area (Å²) in [5.74, 6) is 0. The van der Waals surface area contributed by atoms with E-state index >= 15 is 0 Å². The molecule has 27 heavy (non-hydrogen) atoms. The summed E-state index contributed by atoms with van der Waals surface area (Å²) in [6, 6.07) is 13.2. The molecule has 0 aliphatic rings. The average Bonchev–Trinajstić information content (AvgIpc) is 2.83.